The number of rotatable bonds is 6. The Balaban J connectivity index is 0.00000256. The highest BCUT2D eigenvalue weighted by molar-refractivity contribution is 5.89. The van der Waals surface area contributed by atoms with Crippen LogP contribution in [0.1, 0.15) is 20.3 Å². The molecule has 1 rings (SSSR count). The van der Waals surface area contributed by atoms with Crippen LogP contribution < -0.4 is 10.6 Å². The van der Waals surface area contributed by atoms with Crippen LogP contribution in [0.3, 0.4) is 0 Å². The molecule has 0 aliphatic carbocycles. The normalized spacial score (nSPS) is 19.1. The van der Waals surface area contributed by atoms with Crippen LogP contribution in [-0.4, -0.2) is 49.4 Å². The van der Waals surface area contributed by atoms with Crippen LogP contribution in [0.15, 0.2) is 0 Å². The van der Waals surface area contributed by atoms with Gasteiger partial charge in [0.1, 0.15) is 0 Å². The van der Waals surface area contributed by atoms with Crippen LogP contribution in [0.4, 0.5) is 0 Å². The van der Waals surface area contributed by atoms with Crippen molar-refractivity contribution in [1.29, 1.82) is 0 Å². The molecule has 1 aliphatic rings. The summed E-state index contributed by atoms with van der Waals surface area (Å²) in [6, 6.07) is 0. The lowest BCUT2D eigenvalue weighted by Gasteiger charge is -2.13. The summed E-state index contributed by atoms with van der Waals surface area (Å²) >= 11 is 0. The molecule has 1 heterocycles. The summed E-state index contributed by atoms with van der Waals surface area (Å²) in [5.74, 6) is -0.0642. The van der Waals surface area contributed by atoms with Gasteiger partial charge in [0.15, 0.2) is 0 Å². The molecule has 6 heteroatoms. The summed E-state index contributed by atoms with van der Waals surface area (Å²) in [4.78, 5) is 24.9. The second-order valence-electron chi connectivity index (χ2n) is 3.98. The van der Waals surface area contributed by atoms with Crippen molar-refractivity contribution in [1.82, 2.24) is 15.5 Å². The van der Waals surface area contributed by atoms with Crippen LogP contribution in [0.5, 0.6) is 0 Å². The number of carbonyl (C=O) groups is 2. The van der Waals surface area contributed by atoms with Crippen molar-refractivity contribution in [3.8, 4) is 0 Å². The van der Waals surface area contributed by atoms with Gasteiger partial charge in [-0.1, -0.05) is 6.92 Å². The van der Waals surface area contributed by atoms with Crippen molar-refractivity contribution in [2.75, 3.05) is 32.7 Å². The number of likely N-dealkylation sites (N-methyl/N-ethyl adjacent to an activating group) is 1. The molecule has 1 atom stereocenters. The van der Waals surface area contributed by atoms with E-state index in [9.17, 15) is 9.59 Å². The number of nitrogens with one attached hydrogen (secondary N) is 2. The van der Waals surface area contributed by atoms with E-state index in [4.69, 9.17) is 0 Å². The third-order valence-corrected chi connectivity index (χ3v) is 2.82. The molecule has 1 aliphatic heterocycles. The molecule has 0 aromatic heterocycles. The van der Waals surface area contributed by atoms with E-state index in [0.29, 0.717) is 26.1 Å². The summed E-state index contributed by atoms with van der Waals surface area (Å²) in [6.45, 7) is 7.54. The van der Waals surface area contributed by atoms with E-state index < -0.39 is 0 Å². The van der Waals surface area contributed by atoms with E-state index in [2.05, 4.69) is 10.6 Å². The Morgan fingerprint density at radius 1 is 1.41 bits per heavy atom. The molecule has 0 radical (unpaired) electrons. The molecular formula is C11H22ClN3O2. The predicted molar refractivity (Wildman–Crippen MR) is 69.2 cm³/mol. The highest BCUT2D eigenvalue weighted by atomic mass is 35.5. The van der Waals surface area contributed by atoms with Gasteiger partial charge in [-0.3, -0.25) is 9.59 Å². The molecule has 0 aromatic carbocycles. The topological polar surface area (TPSA) is 61.4 Å². The third-order valence-electron chi connectivity index (χ3n) is 2.82. The lowest BCUT2D eigenvalue weighted by Crippen LogP contribution is -2.37. The summed E-state index contributed by atoms with van der Waals surface area (Å²) in [6.07, 6.45) is 0.362. The maximum absolute atomic E-state index is 11.7. The Kier molecular flexibility index (Phi) is 7.91. The highest BCUT2D eigenvalue weighted by Crippen LogP contribution is 2.17. The van der Waals surface area contributed by atoms with Gasteiger partial charge in [-0.25, -0.2) is 0 Å². The maximum Gasteiger partial charge on any atom is 0.225 e. The minimum absolute atomic E-state index is 0. The molecule has 0 aromatic rings. The molecule has 100 valence electrons. The van der Waals surface area contributed by atoms with Crippen molar-refractivity contribution >= 4 is 24.2 Å². The number of carbonyl (C=O) groups excluding carboxylic acids is 2. The Labute approximate surface area is 109 Å². The Morgan fingerprint density at radius 2 is 2.12 bits per heavy atom. The summed E-state index contributed by atoms with van der Waals surface area (Å²) in [5.41, 5.74) is 0. The largest absolute Gasteiger partial charge is 0.355 e. The van der Waals surface area contributed by atoms with Crippen LogP contribution in [0, 0.1) is 5.92 Å². The van der Waals surface area contributed by atoms with Crippen molar-refractivity contribution in [3.63, 3.8) is 0 Å². The monoisotopic (exact) mass is 263 g/mol. The number of halogens is 1. The lowest BCUT2D eigenvalue weighted by molar-refractivity contribution is -0.128. The second-order valence-corrected chi connectivity index (χ2v) is 3.98. The van der Waals surface area contributed by atoms with E-state index in [0.717, 1.165) is 13.1 Å². The maximum atomic E-state index is 11.7. The summed E-state index contributed by atoms with van der Waals surface area (Å²) in [7, 11) is 0. The van der Waals surface area contributed by atoms with Gasteiger partial charge in [-0.15, -0.1) is 12.4 Å². The fourth-order valence-electron chi connectivity index (χ4n) is 1.85. The Bertz CT molecular complexity index is 261. The summed E-state index contributed by atoms with van der Waals surface area (Å²) in [5, 5.41) is 5.98. The standard InChI is InChI=1S/C11H21N3O2.ClH/c1-3-12-5-6-13-11(16)9-7-10(15)14(4-2)8-9;/h9,12H,3-8H2,1-2H3,(H,13,16);1H. The first-order valence-corrected chi connectivity index (χ1v) is 5.95. The molecule has 0 spiro atoms. The molecule has 2 N–H and O–H groups in total. The van der Waals surface area contributed by atoms with Gasteiger partial charge in [0.05, 0.1) is 5.92 Å². The first-order chi connectivity index (χ1) is 7.69. The van der Waals surface area contributed by atoms with Crippen molar-refractivity contribution in [3.05, 3.63) is 0 Å². The van der Waals surface area contributed by atoms with E-state index >= 15 is 0 Å². The zero-order valence-electron chi connectivity index (χ0n) is 10.5. The van der Waals surface area contributed by atoms with Gasteiger partial charge in [-0.05, 0) is 13.5 Å². The molecule has 1 saturated heterocycles. The molecule has 1 fully saturated rings. The van der Waals surface area contributed by atoms with Crippen molar-refractivity contribution < 1.29 is 9.59 Å². The molecule has 0 saturated carbocycles. The zero-order chi connectivity index (χ0) is 12.0. The second kappa shape index (κ2) is 8.31. The molecule has 0 bridgehead atoms. The number of hydrogen-bond donors (Lipinski definition) is 2. The Morgan fingerprint density at radius 3 is 2.65 bits per heavy atom. The fourth-order valence-corrected chi connectivity index (χ4v) is 1.85. The molecular weight excluding hydrogens is 242 g/mol. The van der Waals surface area contributed by atoms with Gasteiger partial charge in [0, 0.05) is 32.6 Å². The van der Waals surface area contributed by atoms with Crippen LogP contribution in [-0.2, 0) is 9.59 Å². The van der Waals surface area contributed by atoms with E-state index in [1.54, 1.807) is 4.90 Å². The van der Waals surface area contributed by atoms with E-state index in [-0.39, 0.29) is 30.1 Å². The first kappa shape index (κ1) is 16.2. The van der Waals surface area contributed by atoms with Gasteiger partial charge >= 0.3 is 0 Å². The third kappa shape index (κ3) is 4.91. The molecule has 5 nitrogen and oxygen atoms in total. The van der Waals surface area contributed by atoms with Gasteiger partial charge < -0.3 is 15.5 Å². The highest BCUT2D eigenvalue weighted by Gasteiger charge is 2.32. The number of hydrogen-bond acceptors (Lipinski definition) is 3. The lowest BCUT2D eigenvalue weighted by atomic mass is 10.1. The molecule has 1 unspecified atom stereocenters. The number of nitrogens with zero attached hydrogens (tertiary/aromatic N) is 1. The first-order valence-electron chi connectivity index (χ1n) is 5.95. The van der Waals surface area contributed by atoms with Crippen LogP contribution >= 0.6 is 12.4 Å². The average Bonchev–Trinajstić information content (AvgIpc) is 2.66. The molecule has 17 heavy (non-hydrogen) atoms. The minimum atomic E-state index is -0.158. The van der Waals surface area contributed by atoms with Crippen LogP contribution in [0.25, 0.3) is 0 Å². The predicted octanol–water partition coefficient (Wildman–Crippen LogP) is 0.00230. The minimum Gasteiger partial charge on any atom is -0.355 e. The van der Waals surface area contributed by atoms with E-state index in [1.807, 2.05) is 13.8 Å². The van der Waals surface area contributed by atoms with Crippen LogP contribution in [0.2, 0.25) is 0 Å². The average molecular weight is 264 g/mol. The molecule has 2 amide bonds. The van der Waals surface area contributed by atoms with E-state index in [1.165, 1.54) is 0 Å². The summed E-state index contributed by atoms with van der Waals surface area (Å²) < 4.78 is 0. The quantitative estimate of drug-likeness (QED) is 0.664. The fraction of sp³-hybridized carbons (Fsp3) is 0.818. The number of likely N-dealkylation sites (tertiary alicyclic amines) is 1. The van der Waals surface area contributed by atoms with Gasteiger partial charge in [0.25, 0.3) is 0 Å². The SMILES string of the molecule is CCNCCNC(=O)C1CC(=O)N(CC)C1.Cl. The zero-order valence-corrected chi connectivity index (χ0v) is 11.3. The van der Waals surface area contributed by atoms with Crippen molar-refractivity contribution in [2.24, 2.45) is 5.92 Å². The van der Waals surface area contributed by atoms with Gasteiger partial charge in [0.2, 0.25) is 11.8 Å². The Hall–Kier alpha value is -0.810. The number of amides is 2. The smallest absolute Gasteiger partial charge is 0.225 e. The van der Waals surface area contributed by atoms with Crippen molar-refractivity contribution in [2.45, 2.75) is 20.3 Å². The van der Waals surface area contributed by atoms with Gasteiger partial charge in [-0.2, -0.15) is 0 Å².